The average molecular weight is 284 g/mol. The van der Waals surface area contributed by atoms with Crippen molar-refractivity contribution in [1.29, 1.82) is 0 Å². The Morgan fingerprint density at radius 3 is 2.86 bits per heavy atom. The monoisotopic (exact) mass is 284 g/mol. The molecule has 3 rings (SSSR count). The molecule has 2 aliphatic carbocycles. The molecule has 0 spiro atoms. The van der Waals surface area contributed by atoms with Gasteiger partial charge in [0, 0.05) is 12.0 Å². The van der Waals surface area contributed by atoms with E-state index >= 15 is 0 Å². The Hall–Kier alpha value is -1.30. The van der Waals surface area contributed by atoms with Crippen molar-refractivity contribution in [2.75, 3.05) is 6.61 Å². The van der Waals surface area contributed by atoms with Gasteiger partial charge < -0.3 is 10.2 Å². The lowest BCUT2D eigenvalue weighted by Crippen LogP contribution is -2.50. The summed E-state index contributed by atoms with van der Waals surface area (Å²) in [6.07, 6.45) is 5.32. The maximum absolute atomic E-state index is 10.7. The number of aryl methyl sites for hydroxylation is 1. The van der Waals surface area contributed by atoms with Gasteiger partial charge in [-0.2, -0.15) is 0 Å². The molecule has 0 aliphatic heterocycles. The van der Waals surface area contributed by atoms with E-state index in [4.69, 9.17) is 0 Å². The van der Waals surface area contributed by atoms with Crippen LogP contribution in [0.15, 0.2) is 24.3 Å². The molecule has 1 saturated carbocycles. The topological polar surface area (TPSA) is 40.5 Å². The third kappa shape index (κ3) is 2.39. The summed E-state index contributed by atoms with van der Waals surface area (Å²) in [4.78, 5) is 0. The van der Waals surface area contributed by atoms with Gasteiger partial charge in [0.2, 0.25) is 0 Å². The third-order valence-electron chi connectivity index (χ3n) is 5.58. The molecule has 1 aromatic carbocycles. The van der Waals surface area contributed by atoms with Crippen LogP contribution in [0, 0.1) is 17.8 Å². The Morgan fingerprint density at radius 2 is 2.10 bits per heavy atom. The minimum atomic E-state index is -0.829. The highest BCUT2D eigenvalue weighted by Gasteiger charge is 2.50. The molecule has 0 radical (unpaired) electrons. The van der Waals surface area contributed by atoms with E-state index < -0.39 is 5.60 Å². The summed E-state index contributed by atoms with van der Waals surface area (Å²) in [5, 5.41) is 20.3. The Bertz CT molecular complexity index is 583. The molecule has 3 unspecified atom stereocenters. The molecule has 112 valence electrons. The molecule has 2 N–H and O–H groups in total. The fourth-order valence-electron chi connectivity index (χ4n) is 4.64. The van der Waals surface area contributed by atoms with Gasteiger partial charge in [0.1, 0.15) is 5.60 Å². The molecule has 0 heterocycles. The largest absolute Gasteiger partial charge is 0.396 e. The zero-order valence-corrected chi connectivity index (χ0v) is 12.7. The highest BCUT2D eigenvalue weighted by Crippen LogP contribution is 2.54. The molecule has 0 bridgehead atoms. The van der Waals surface area contributed by atoms with Gasteiger partial charge in [0.05, 0.1) is 0 Å². The van der Waals surface area contributed by atoms with Gasteiger partial charge in [-0.3, -0.25) is 0 Å². The molecule has 2 heteroatoms. The van der Waals surface area contributed by atoms with Crippen molar-refractivity contribution in [3.8, 4) is 11.8 Å². The average Bonchev–Trinajstić information content (AvgIpc) is 2.48. The van der Waals surface area contributed by atoms with Crippen LogP contribution < -0.4 is 0 Å². The van der Waals surface area contributed by atoms with Crippen LogP contribution in [0.3, 0.4) is 0 Å². The second kappa shape index (κ2) is 5.48. The Labute approximate surface area is 127 Å². The molecular formula is C19H24O2. The predicted octanol–water partition coefficient (Wildman–Crippen LogP) is 2.81. The van der Waals surface area contributed by atoms with Gasteiger partial charge in [0.25, 0.3) is 0 Å². The fourth-order valence-corrected chi connectivity index (χ4v) is 4.64. The number of hydrogen-bond donors (Lipinski definition) is 2. The summed E-state index contributed by atoms with van der Waals surface area (Å²) in [5.74, 6) is 6.32. The summed E-state index contributed by atoms with van der Waals surface area (Å²) >= 11 is 0. The number of aliphatic hydroxyl groups excluding tert-OH is 1. The van der Waals surface area contributed by atoms with Crippen molar-refractivity contribution in [3.05, 3.63) is 35.4 Å². The molecule has 2 nitrogen and oxygen atoms in total. The SMILES string of the molecule is CC#CC1(O)CCC2(CCO)c3ccccc3CCC2C1. The van der Waals surface area contributed by atoms with Crippen LogP contribution in [-0.4, -0.2) is 22.4 Å². The quantitative estimate of drug-likeness (QED) is 0.820. The second-order valence-electron chi connectivity index (χ2n) is 6.63. The zero-order chi connectivity index (χ0) is 14.9. The summed E-state index contributed by atoms with van der Waals surface area (Å²) < 4.78 is 0. The molecule has 0 amide bonds. The lowest BCUT2D eigenvalue weighted by atomic mass is 9.53. The van der Waals surface area contributed by atoms with Crippen LogP contribution in [0.1, 0.15) is 50.2 Å². The van der Waals surface area contributed by atoms with E-state index in [1.54, 1.807) is 6.92 Å². The first-order chi connectivity index (χ1) is 10.1. The van der Waals surface area contributed by atoms with Crippen molar-refractivity contribution >= 4 is 0 Å². The Balaban J connectivity index is 2.01. The number of benzene rings is 1. The van der Waals surface area contributed by atoms with Crippen molar-refractivity contribution in [1.82, 2.24) is 0 Å². The molecule has 2 aliphatic rings. The smallest absolute Gasteiger partial charge is 0.125 e. The van der Waals surface area contributed by atoms with Crippen LogP contribution >= 0.6 is 0 Å². The van der Waals surface area contributed by atoms with E-state index in [0.717, 1.165) is 32.1 Å². The van der Waals surface area contributed by atoms with Crippen molar-refractivity contribution < 1.29 is 10.2 Å². The number of aliphatic hydroxyl groups is 2. The van der Waals surface area contributed by atoms with Crippen LogP contribution in [-0.2, 0) is 11.8 Å². The van der Waals surface area contributed by atoms with Crippen molar-refractivity contribution in [2.45, 2.75) is 56.5 Å². The molecular weight excluding hydrogens is 260 g/mol. The molecule has 3 atom stereocenters. The van der Waals surface area contributed by atoms with E-state index in [2.05, 4.69) is 36.1 Å². The molecule has 21 heavy (non-hydrogen) atoms. The molecule has 1 aromatic rings. The lowest BCUT2D eigenvalue weighted by molar-refractivity contribution is -0.0153. The third-order valence-corrected chi connectivity index (χ3v) is 5.58. The predicted molar refractivity (Wildman–Crippen MR) is 83.9 cm³/mol. The highest BCUT2D eigenvalue weighted by molar-refractivity contribution is 5.39. The summed E-state index contributed by atoms with van der Waals surface area (Å²) in [6, 6.07) is 8.66. The first-order valence-electron chi connectivity index (χ1n) is 7.99. The van der Waals surface area contributed by atoms with Crippen LogP contribution in [0.2, 0.25) is 0 Å². The summed E-state index contributed by atoms with van der Waals surface area (Å²) in [7, 11) is 0. The molecule has 1 fully saturated rings. The Morgan fingerprint density at radius 1 is 1.29 bits per heavy atom. The summed E-state index contributed by atoms with van der Waals surface area (Å²) in [5.41, 5.74) is 2.03. The Kier molecular flexibility index (Phi) is 3.82. The van der Waals surface area contributed by atoms with E-state index in [-0.39, 0.29) is 12.0 Å². The van der Waals surface area contributed by atoms with E-state index in [1.807, 2.05) is 0 Å². The first kappa shape index (κ1) is 14.6. The van der Waals surface area contributed by atoms with E-state index in [9.17, 15) is 10.2 Å². The maximum atomic E-state index is 10.7. The number of rotatable bonds is 2. The number of hydrogen-bond acceptors (Lipinski definition) is 2. The van der Waals surface area contributed by atoms with Gasteiger partial charge in [-0.25, -0.2) is 0 Å². The van der Waals surface area contributed by atoms with E-state index in [1.165, 1.54) is 11.1 Å². The molecule has 0 saturated heterocycles. The van der Waals surface area contributed by atoms with Gasteiger partial charge >= 0.3 is 0 Å². The van der Waals surface area contributed by atoms with Crippen LogP contribution in [0.4, 0.5) is 0 Å². The van der Waals surface area contributed by atoms with Crippen molar-refractivity contribution in [2.24, 2.45) is 5.92 Å². The standard InChI is InChI=1S/C19H24O2/c1-2-9-18(21)10-11-19(12-13-20)16(14-18)8-7-15-5-3-4-6-17(15)19/h3-6,16,20-21H,7-8,10-14H2,1H3. The minimum Gasteiger partial charge on any atom is -0.396 e. The van der Waals surface area contributed by atoms with Crippen molar-refractivity contribution in [3.63, 3.8) is 0 Å². The van der Waals surface area contributed by atoms with Crippen LogP contribution in [0.25, 0.3) is 0 Å². The normalized spacial score (nSPS) is 34.3. The molecule has 0 aromatic heterocycles. The first-order valence-corrected chi connectivity index (χ1v) is 7.99. The van der Waals surface area contributed by atoms with Crippen LogP contribution in [0.5, 0.6) is 0 Å². The summed E-state index contributed by atoms with van der Waals surface area (Å²) in [6.45, 7) is 2.01. The number of fused-ring (bicyclic) bond motifs is 3. The maximum Gasteiger partial charge on any atom is 0.125 e. The van der Waals surface area contributed by atoms with Gasteiger partial charge in [-0.05, 0) is 62.5 Å². The highest BCUT2D eigenvalue weighted by atomic mass is 16.3. The second-order valence-corrected chi connectivity index (χ2v) is 6.63. The fraction of sp³-hybridized carbons (Fsp3) is 0.579. The zero-order valence-electron chi connectivity index (χ0n) is 12.7. The van der Waals surface area contributed by atoms with E-state index in [0.29, 0.717) is 12.3 Å². The minimum absolute atomic E-state index is 0.0330. The van der Waals surface area contributed by atoms with Gasteiger partial charge in [0.15, 0.2) is 0 Å². The van der Waals surface area contributed by atoms with Gasteiger partial charge in [-0.15, -0.1) is 5.92 Å². The van der Waals surface area contributed by atoms with Gasteiger partial charge in [-0.1, -0.05) is 30.2 Å². The lowest BCUT2D eigenvalue weighted by Gasteiger charge is -2.52.